The molecule has 1 aliphatic rings. The Morgan fingerprint density at radius 3 is 2.71 bits per heavy atom. The van der Waals surface area contributed by atoms with Crippen molar-refractivity contribution in [1.29, 1.82) is 0 Å². The molecule has 0 bridgehead atoms. The van der Waals surface area contributed by atoms with Gasteiger partial charge in [-0.15, -0.1) is 11.8 Å². The maximum Gasteiger partial charge on any atom is 0.0958 e. The van der Waals surface area contributed by atoms with Gasteiger partial charge in [0.15, 0.2) is 0 Å². The fourth-order valence-corrected chi connectivity index (χ4v) is 2.99. The van der Waals surface area contributed by atoms with Crippen LogP contribution < -0.4 is 0 Å². The molecule has 2 nitrogen and oxygen atoms in total. The molecule has 3 heteroatoms. The van der Waals surface area contributed by atoms with E-state index in [-0.39, 0.29) is 5.25 Å². The fraction of sp³-hybridized carbons (Fsp3) is 0.429. The van der Waals surface area contributed by atoms with Gasteiger partial charge in [-0.25, -0.2) is 0 Å². The van der Waals surface area contributed by atoms with Gasteiger partial charge in [-0.05, 0) is 32.1 Å². The second-order valence-electron chi connectivity index (χ2n) is 4.23. The molecular weight excluding hydrogens is 232 g/mol. The van der Waals surface area contributed by atoms with E-state index in [0.717, 1.165) is 12.2 Å². The number of ether oxygens (including phenoxy) is 1. The van der Waals surface area contributed by atoms with E-state index in [4.69, 9.17) is 4.74 Å². The van der Waals surface area contributed by atoms with Crippen LogP contribution in [0.15, 0.2) is 41.0 Å². The number of allylic oxidation sites excluding steroid dienone is 1. The Morgan fingerprint density at radius 2 is 2.06 bits per heavy atom. The van der Waals surface area contributed by atoms with Crippen LogP contribution in [0.1, 0.15) is 18.9 Å². The summed E-state index contributed by atoms with van der Waals surface area (Å²) in [5, 5.41) is 10.1. The molecule has 1 aliphatic carbocycles. The molecule has 0 aromatic heterocycles. The summed E-state index contributed by atoms with van der Waals surface area (Å²) >= 11 is 1.72. The lowest BCUT2D eigenvalue weighted by molar-refractivity contribution is 0.222. The van der Waals surface area contributed by atoms with E-state index < -0.39 is 6.10 Å². The van der Waals surface area contributed by atoms with Gasteiger partial charge in [0, 0.05) is 16.6 Å². The number of hydrogen-bond acceptors (Lipinski definition) is 3. The molecule has 0 aliphatic heterocycles. The normalized spacial score (nSPS) is 23.6. The highest BCUT2D eigenvalue weighted by Gasteiger charge is 2.27. The van der Waals surface area contributed by atoms with E-state index in [1.807, 2.05) is 13.0 Å². The van der Waals surface area contributed by atoms with Crippen LogP contribution in [0.25, 0.3) is 0 Å². The number of benzene rings is 1. The molecule has 0 saturated carbocycles. The van der Waals surface area contributed by atoms with Crippen LogP contribution in [0, 0.1) is 6.92 Å². The summed E-state index contributed by atoms with van der Waals surface area (Å²) in [6, 6.07) is 8.40. The highest BCUT2D eigenvalue weighted by Crippen LogP contribution is 2.35. The largest absolute Gasteiger partial charge is 0.498 e. The van der Waals surface area contributed by atoms with E-state index in [2.05, 4.69) is 31.2 Å². The summed E-state index contributed by atoms with van der Waals surface area (Å²) in [5.74, 6) is 0.921. The molecule has 17 heavy (non-hydrogen) atoms. The van der Waals surface area contributed by atoms with Crippen molar-refractivity contribution in [1.82, 2.24) is 0 Å². The Labute approximate surface area is 107 Å². The fourth-order valence-electron chi connectivity index (χ4n) is 1.88. The van der Waals surface area contributed by atoms with Crippen LogP contribution in [0.2, 0.25) is 0 Å². The second-order valence-corrected chi connectivity index (χ2v) is 5.54. The van der Waals surface area contributed by atoms with Gasteiger partial charge in [0.1, 0.15) is 0 Å². The Hall–Kier alpha value is -0.930. The lowest BCUT2D eigenvalue weighted by Crippen LogP contribution is -2.15. The Kier molecular flexibility index (Phi) is 4.13. The maximum absolute atomic E-state index is 9.92. The summed E-state index contributed by atoms with van der Waals surface area (Å²) in [6.07, 6.45) is 2.24. The molecule has 0 unspecified atom stereocenters. The minimum Gasteiger partial charge on any atom is -0.498 e. The molecule has 0 spiro atoms. The van der Waals surface area contributed by atoms with E-state index in [9.17, 15) is 5.11 Å². The third-order valence-corrected chi connectivity index (χ3v) is 4.07. The molecular formula is C14H18O2S. The summed E-state index contributed by atoms with van der Waals surface area (Å²) in [5.41, 5.74) is 1.26. The van der Waals surface area contributed by atoms with Crippen molar-refractivity contribution in [3.05, 3.63) is 41.7 Å². The second kappa shape index (κ2) is 5.61. The Morgan fingerprint density at radius 1 is 1.35 bits per heavy atom. The molecule has 0 saturated heterocycles. The molecule has 1 aromatic rings. The zero-order valence-corrected chi connectivity index (χ0v) is 11.0. The molecule has 0 heterocycles. The average Bonchev–Trinajstić information content (AvgIpc) is 2.63. The smallest absolute Gasteiger partial charge is 0.0958 e. The molecule has 92 valence electrons. The first kappa shape index (κ1) is 12.5. The predicted molar refractivity (Wildman–Crippen MR) is 71.2 cm³/mol. The monoisotopic (exact) mass is 250 g/mol. The van der Waals surface area contributed by atoms with Gasteiger partial charge in [0.2, 0.25) is 0 Å². The minimum absolute atomic E-state index is 0.180. The van der Waals surface area contributed by atoms with Gasteiger partial charge in [-0.3, -0.25) is 0 Å². The lowest BCUT2D eigenvalue weighted by Gasteiger charge is -2.14. The molecule has 0 amide bonds. The minimum atomic E-state index is -0.400. The molecule has 2 atom stereocenters. The summed E-state index contributed by atoms with van der Waals surface area (Å²) in [4.78, 5) is 1.20. The van der Waals surface area contributed by atoms with Gasteiger partial charge in [0.05, 0.1) is 18.5 Å². The van der Waals surface area contributed by atoms with Crippen molar-refractivity contribution in [3.8, 4) is 0 Å². The SMILES string of the molecule is CCOC1=C[C@H](O)[C@@H](Sc2ccc(C)cc2)C1. The molecule has 1 aromatic carbocycles. The quantitative estimate of drug-likeness (QED) is 0.890. The first-order valence-corrected chi connectivity index (χ1v) is 6.82. The van der Waals surface area contributed by atoms with Crippen LogP contribution in [-0.2, 0) is 4.74 Å². The van der Waals surface area contributed by atoms with Crippen molar-refractivity contribution in [2.24, 2.45) is 0 Å². The van der Waals surface area contributed by atoms with E-state index in [1.165, 1.54) is 10.5 Å². The highest BCUT2D eigenvalue weighted by atomic mass is 32.2. The third kappa shape index (κ3) is 3.27. The van der Waals surface area contributed by atoms with Crippen LogP contribution >= 0.6 is 11.8 Å². The van der Waals surface area contributed by atoms with Crippen molar-refractivity contribution in [2.75, 3.05) is 6.61 Å². The van der Waals surface area contributed by atoms with Crippen molar-refractivity contribution < 1.29 is 9.84 Å². The molecule has 1 N–H and O–H groups in total. The van der Waals surface area contributed by atoms with Gasteiger partial charge < -0.3 is 9.84 Å². The number of aliphatic hydroxyl groups excluding tert-OH is 1. The Balaban J connectivity index is 1.95. The Bertz CT molecular complexity index is 397. The van der Waals surface area contributed by atoms with Crippen molar-refractivity contribution in [2.45, 2.75) is 36.5 Å². The lowest BCUT2D eigenvalue weighted by atomic mass is 10.2. The number of aryl methyl sites for hydroxylation is 1. The highest BCUT2D eigenvalue weighted by molar-refractivity contribution is 8.00. The van der Waals surface area contributed by atoms with Crippen LogP contribution in [0.3, 0.4) is 0 Å². The average molecular weight is 250 g/mol. The number of rotatable bonds is 4. The first-order valence-electron chi connectivity index (χ1n) is 5.94. The van der Waals surface area contributed by atoms with E-state index in [1.54, 1.807) is 11.8 Å². The van der Waals surface area contributed by atoms with Crippen molar-refractivity contribution >= 4 is 11.8 Å². The van der Waals surface area contributed by atoms with E-state index in [0.29, 0.717) is 6.61 Å². The van der Waals surface area contributed by atoms with Crippen molar-refractivity contribution in [3.63, 3.8) is 0 Å². The summed E-state index contributed by atoms with van der Waals surface area (Å²) in [7, 11) is 0. The standard InChI is InChI=1S/C14H18O2S/c1-3-16-11-8-13(15)14(9-11)17-12-6-4-10(2)5-7-12/h4-8,13-15H,3,9H2,1-2H3/t13-,14-/m0/s1. The first-order chi connectivity index (χ1) is 8.19. The van der Waals surface area contributed by atoms with Gasteiger partial charge in [-0.1, -0.05) is 17.7 Å². The number of aliphatic hydroxyl groups is 1. The third-order valence-electron chi connectivity index (χ3n) is 2.78. The summed E-state index contributed by atoms with van der Waals surface area (Å²) in [6.45, 7) is 4.71. The number of thioether (sulfide) groups is 1. The van der Waals surface area contributed by atoms with E-state index >= 15 is 0 Å². The maximum atomic E-state index is 9.92. The zero-order valence-electron chi connectivity index (χ0n) is 10.2. The van der Waals surface area contributed by atoms with Crippen LogP contribution in [0.5, 0.6) is 0 Å². The van der Waals surface area contributed by atoms with Gasteiger partial charge in [-0.2, -0.15) is 0 Å². The zero-order chi connectivity index (χ0) is 12.3. The topological polar surface area (TPSA) is 29.5 Å². The van der Waals surface area contributed by atoms with Crippen LogP contribution in [0.4, 0.5) is 0 Å². The number of hydrogen-bond donors (Lipinski definition) is 1. The molecule has 0 fully saturated rings. The molecule has 2 rings (SSSR count). The summed E-state index contributed by atoms with van der Waals surface area (Å²) < 4.78 is 5.45. The van der Waals surface area contributed by atoms with Crippen LogP contribution in [-0.4, -0.2) is 23.1 Å². The molecule has 0 radical (unpaired) electrons. The van der Waals surface area contributed by atoms with Gasteiger partial charge in [0.25, 0.3) is 0 Å². The van der Waals surface area contributed by atoms with Gasteiger partial charge >= 0.3 is 0 Å². The predicted octanol–water partition coefficient (Wildman–Crippen LogP) is 3.14.